The second-order valence-electron chi connectivity index (χ2n) is 7.11. The second kappa shape index (κ2) is 7.38. The molecule has 0 radical (unpaired) electrons. The summed E-state index contributed by atoms with van der Waals surface area (Å²) in [5.41, 5.74) is 2.01. The van der Waals surface area contributed by atoms with Crippen molar-refractivity contribution in [1.29, 1.82) is 0 Å². The van der Waals surface area contributed by atoms with Crippen molar-refractivity contribution in [2.45, 2.75) is 6.92 Å². The number of aromatic nitrogens is 5. The Morgan fingerprint density at radius 1 is 1.13 bits per heavy atom. The molecule has 3 aromatic heterocycles. The number of aromatic amines is 1. The van der Waals surface area contributed by atoms with Crippen LogP contribution in [0.15, 0.2) is 24.5 Å². The molecule has 5 rings (SSSR count). The van der Waals surface area contributed by atoms with E-state index in [-0.39, 0.29) is 11.8 Å². The highest BCUT2D eigenvalue weighted by molar-refractivity contribution is 6.14. The molecule has 1 aliphatic heterocycles. The molecular formula is C20H21FN8O. The molecule has 4 aromatic rings. The normalized spacial score (nSPS) is 14.4. The largest absolute Gasteiger partial charge is 0.421 e. The Labute approximate surface area is 171 Å². The van der Waals surface area contributed by atoms with E-state index in [2.05, 4.69) is 35.5 Å². The number of anilines is 2. The van der Waals surface area contributed by atoms with E-state index >= 15 is 0 Å². The van der Waals surface area contributed by atoms with E-state index in [1.807, 2.05) is 0 Å². The van der Waals surface area contributed by atoms with Crippen molar-refractivity contribution >= 4 is 33.4 Å². The summed E-state index contributed by atoms with van der Waals surface area (Å²) in [6.45, 7) is 5.04. The molecule has 0 atom stereocenters. The monoisotopic (exact) mass is 408 g/mol. The summed E-state index contributed by atoms with van der Waals surface area (Å²) in [5, 5.41) is 7.88. The quantitative estimate of drug-likeness (QED) is 0.473. The Bertz CT molecular complexity index is 1220. The van der Waals surface area contributed by atoms with Gasteiger partial charge in [0.2, 0.25) is 0 Å². The van der Waals surface area contributed by atoms with E-state index in [4.69, 9.17) is 9.72 Å². The van der Waals surface area contributed by atoms with E-state index in [1.165, 1.54) is 12.1 Å². The van der Waals surface area contributed by atoms with Crippen LogP contribution < -0.4 is 20.3 Å². The SMILES string of the molecule is CNc1cc(F)cc2c1[nH]c1nc(Oc3cnc(C)nc3)nc(N3CCNCC3)c12. The molecule has 0 amide bonds. The zero-order chi connectivity index (χ0) is 20.7. The van der Waals surface area contributed by atoms with E-state index in [1.54, 1.807) is 26.4 Å². The summed E-state index contributed by atoms with van der Waals surface area (Å²) in [6.07, 6.45) is 3.17. The van der Waals surface area contributed by atoms with Crippen LogP contribution in [0, 0.1) is 12.7 Å². The average molecular weight is 408 g/mol. The number of fused-ring (bicyclic) bond motifs is 3. The molecule has 154 valence electrons. The van der Waals surface area contributed by atoms with Crippen molar-refractivity contribution in [1.82, 2.24) is 30.2 Å². The number of piperazine rings is 1. The highest BCUT2D eigenvalue weighted by Gasteiger charge is 2.22. The maximum absolute atomic E-state index is 14.3. The molecule has 0 spiro atoms. The van der Waals surface area contributed by atoms with E-state index in [0.717, 1.165) is 42.5 Å². The third-order valence-corrected chi connectivity index (χ3v) is 5.14. The van der Waals surface area contributed by atoms with E-state index in [0.29, 0.717) is 28.7 Å². The van der Waals surface area contributed by atoms with Crippen LogP contribution in [0.4, 0.5) is 15.9 Å². The summed E-state index contributed by atoms with van der Waals surface area (Å²) in [5.74, 6) is 1.49. The van der Waals surface area contributed by atoms with Crippen LogP contribution in [0.25, 0.3) is 21.9 Å². The first-order chi connectivity index (χ1) is 14.6. The van der Waals surface area contributed by atoms with Gasteiger partial charge in [-0.05, 0) is 19.1 Å². The molecule has 0 unspecified atom stereocenters. The van der Waals surface area contributed by atoms with Crippen molar-refractivity contribution in [3.63, 3.8) is 0 Å². The minimum absolute atomic E-state index is 0.182. The van der Waals surface area contributed by atoms with Crippen molar-refractivity contribution in [3.05, 3.63) is 36.2 Å². The molecule has 30 heavy (non-hydrogen) atoms. The van der Waals surface area contributed by atoms with Crippen molar-refractivity contribution in [3.8, 4) is 11.8 Å². The lowest BCUT2D eigenvalue weighted by molar-refractivity contribution is 0.438. The van der Waals surface area contributed by atoms with Gasteiger partial charge in [-0.25, -0.2) is 14.4 Å². The third-order valence-electron chi connectivity index (χ3n) is 5.14. The molecule has 4 heterocycles. The lowest BCUT2D eigenvalue weighted by Gasteiger charge is -2.29. The Kier molecular flexibility index (Phi) is 4.55. The van der Waals surface area contributed by atoms with Crippen LogP contribution >= 0.6 is 0 Å². The molecule has 1 aliphatic rings. The standard InChI is InChI=1S/C20H21FN8O/c1-11-24-9-13(10-25-11)30-20-27-18-16(19(28-20)29-5-3-23-4-6-29)14-7-12(21)8-15(22-2)17(14)26-18/h7-10,22-23H,3-6H2,1-2H3,(H,26,27,28). The van der Waals surface area contributed by atoms with Crippen molar-refractivity contribution in [2.75, 3.05) is 43.4 Å². The number of benzene rings is 1. The predicted molar refractivity (Wildman–Crippen MR) is 113 cm³/mol. The van der Waals surface area contributed by atoms with Gasteiger partial charge in [0, 0.05) is 38.6 Å². The van der Waals surface area contributed by atoms with Gasteiger partial charge in [-0.3, -0.25) is 0 Å². The fourth-order valence-corrected chi connectivity index (χ4v) is 3.71. The lowest BCUT2D eigenvalue weighted by atomic mass is 10.1. The molecular weight excluding hydrogens is 387 g/mol. The summed E-state index contributed by atoms with van der Waals surface area (Å²) < 4.78 is 20.2. The number of nitrogens with one attached hydrogen (secondary N) is 3. The summed E-state index contributed by atoms with van der Waals surface area (Å²) in [6, 6.07) is 3.15. The van der Waals surface area contributed by atoms with Crippen LogP contribution in [0.2, 0.25) is 0 Å². The van der Waals surface area contributed by atoms with Gasteiger partial charge in [0.15, 0.2) is 5.75 Å². The zero-order valence-electron chi connectivity index (χ0n) is 16.7. The predicted octanol–water partition coefficient (Wildman–Crippen LogP) is 2.59. The first-order valence-corrected chi connectivity index (χ1v) is 9.75. The van der Waals surface area contributed by atoms with Crippen molar-refractivity contribution < 1.29 is 9.13 Å². The molecule has 3 N–H and O–H groups in total. The number of aryl methyl sites for hydroxylation is 1. The van der Waals surface area contributed by atoms with Gasteiger partial charge in [0.1, 0.15) is 23.1 Å². The molecule has 1 fully saturated rings. The zero-order valence-corrected chi connectivity index (χ0v) is 16.7. The lowest BCUT2D eigenvalue weighted by Crippen LogP contribution is -2.44. The fraction of sp³-hybridized carbons (Fsp3) is 0.300. The van der Waals surface area contributed by atoms with Gasteiger partial charge in [-0.2, -0.15) is 9.97 Å². The number of H-pyrrole nitrogens is 1. The molecule has 0 bridgehead atoms. The third kappa shape index (κ3) is 3.24. The molecule has 0 saturated carbocycles. The highest BCUT2D eigenvalue weighted by atomic mass is 19.1. The number of halogens is 1. The summed E-state index contributed by atoms with van der Waals surface area (Å²) >= 11 is 0. The van der Waals surface area contributed by atoms with Crippen LogP contribution in [0.1, 0.15) is 5.82 Å². The van der Waals surface area contributed by atoms with Crippen LogP contribution in [0.5, 0.6) is 11.8 Å². The van der Waals surface area contributed by atoms with Gasteiger partial charge >= 0.3 is 6.01 Å². The summed E-state index contributed by atoms with van der Waals surface area (Å²) in [4.78, 5) is 23.0. The van der Waals surface area contributed by atoms with Gasteiger partial charge in [0.25, 0.3) is 0 Å². The smallest absolute Gasteiger partial charge is 0.326 e. The molecule has 10 heteroatoms. The van der Waals surface area contributed by atoms with Crippen LogP contribution in [-0.4, -0.2) is 58.1 Å². The van der Waals surface area contributed by atoms with Gasteiger partial charge in [-0.1, -0.05) is 0 Å². The summed E-state index contributed by atoms with van der Waals surface area (Å²) in [7, 11) is 1.76. The topological polar surface area (TPSA) is 104 Å². The maximum atomic E-state index is 14.3. The average Bonchev–Trinajstić information content (AvgIpc) is 3.13. The van der Waals surface area contributed by atoms with Gasteiger partial charge in [0.05, 0.1) is 29.0 Å². The first-order valence-electron chi connectivity index (χ1n) is 9.75. The van der Waals surface area contributed by atoms with Gasteiger partial charge < -0.3 is 25.3 Å². The molecule has 9 nitrogen and oxygen atoms in total. The Morgan fingerprint density at radius 2 is 1.90 bits per heavy atom. The van der Waals surface area contributed by atoms with Crippen LogP contribution in [0.3, 0.4) is 0 Å². The number of hydrogen-bond donors (Lipinski definition) is 3. The van der Waals surface area contributed by atoms with Crippen LogP contribution in [-0.2, 0) is 0 Å². The maximum Gasteiger partial charge on any atom is 0.326 e. The second-order valence-corrected chi connectivity index (χ2v) is 7.11. The van der Waals surface area contributed by atoms with E-state index in [9.17, 15) is 4.39 Å². The van der Waals surface area contributed by atoms with Crippen molar-refractivity contribution in [2.24, 2.45) is 0 Å². The van der Waals surface area contributed by atoms with Gasteiger partial charge in [-0.15, -0.1) is 0 Å². The number of nitrogens with zero attached hydrogens (tertiary/aromatic N) is 5. The van der Waals surface area contributed by atoms with E-state index < -0.39 is 0 Å². The number of ether oxygens (including phenoxy) is 1. The Balaban J connectivity index is 1.71. The minimum atomic E-state index is -0.323. The molecule has 0 aliphatic carbocycles. The Morgan fingerprint density at radius 3 is 2.63 bits per heavy atom. The number of hydrogen-bond acceptors (Lipinski definition) is 8. The fourth-order valence-electron chi connectivity index (χ4n) is 3.71. The molecule has 1 saturated heterocycles. The first kappa shape index (κ1) is 18.5. The minimum Gasteiger partial charge on any atom is -0.421 e. The number of rotatable bonds is 4. The Hall–Kier alpha value is -3.53. The highest BCUT2D eigenvalue weighted by Crippen LogP contribution is 2.37. The molecule has 1 aromatic carbocycles.